The molecule has 0 bridgehead atoms. The van der Waals surface area contributed by atoms with Crippen molar-refractivity contribution in [3.8, 4) is 11.6 Å². The second-order valence-electron chi connectivity index (χ2n) is 3.74. The number of amides is 1. The molecule has 0 unspecified atom stereocenters. The van der Waals surface area contributed by atoms with Gasteiger partial charge in [-0.1, -0.05) is 0 Å². The van der Waals surface area contributed by atoms with Crippen molar-refractivity contribution in [2.45, 2.75) is 0 Å². The van der Waals surface area contributed by atoms with E-state index < -0.39 is 23.2 Å². The fourth-order valence-corrected chi connectivity index (χ4v) is 1.46. The molecule has 0 saturated heterocycles. The van der Waals surface area contributed by atoms with Crippen molar-refractivity contribution in [3.05, 3.63) is 52.1 Å². The number of aromatic nitrogens is 1. The van der Waals surface area contributed by atoms with Gasteiger partial charge in [0.25, 0.3) is 11.5 Å². The first-order valence-corrected chi connectivity index (χ1v) is 5.19. The van der Waals surface area contributed by atoms with Crippen LogP contribution in [-0.2, 0) is 0 Å². The van der Waals surface area contributed by atoms with Crippen LogP contribution in [0.25, 0.3) is 0 Å². The van der Waals surface area contributed by atoms with Crippen LogP contribution >= 0.6 is 0 Å². The highest BCUT2D eigenvalue weighted by molar-refractivity contribution is 6.04. The Morgan fingerprint density at radius 3 is 2.58 bits per heavy atom. The van der Waals surface area contributed by atoms with E-state index >= 15 is 0 Å². The first-order valence-electron chi connectivity index (χ1n) is 5.19. The zero-order valence-electron chi connectivity index (χ0n) is 9.48. The van der Waals surface area contributed by atoms with E-state index in [2.05, 4.69) is 10.3 Å². The van der Waals surface area contributed by atoms with Gasteiger partial charge < -0.3 is 15.5 Å². The number of carbonyl (C=O) groups excluding carboxylic acids is 1. The van der Waals surface area contributed by atoms with Gasteiger partial charge in [0, 0.05) is 18.2 Å². The lowest BCUT2D eigenvalue weighted by atomic mass is 10.2. The molecule has 2 aromatic rings. The van der Waals surface area contributed by atoms with Gasteiger partial charge in [-0.2, -0.15) is 0 Å². The Morgan fingerprint density at radius 2 is 1.95 bits per heavy atom. The monoisotopic (exact) mass is 264 g/mol. The van der Waals surface area contributed by atoms with E-state index in [1.54, 1.807) is 0 Å². The van der Waals surface area contributed by atoms with E-state index in [-0.39, 0.29) is 17.0 Å². The number of carbonyl (C=O) groups is 1. The summed E-state index contributed by atoms with van der Waals surface area (Å²) in [4.78, 5) is 24.9. The second-order valence-corrected chi connectivity index (χ2v) is 3.74. The summed E-state index contributed by atoms with van der Waals surface area (Å²) in [6.45, 7) is 0. The van der Waals surface area contributed by atoms with E-state index in [9.17, 15) is 14.0 Å². The Kier molecular flexibility index (Phi) is 3.19. The SMILES string of the molecule is O=C(Nc1ccc(O)cc1F)c1cc(O)[nH]c(=O)c1. The molecular weight excluding hydrogens is 255 g/mol. The number of anilines is 1. The number of phenols is 1. The molecule has 0 radical (unpaired) electrons. The summed E-state index contributed by atoms with van der Waals surface area (Å²) >= 11 is 0. The number of aromatic amines is 1. The van der Waals surface area contributed by atoms with E-state index in [4.69, 9.17) is 10.2 Å². The van der Waals surface area contributed by atoms with E-state index in [1.807, 2.05) is 0 Å². The molecule has 98 valence electrons. The van der Waals surface area contributed by atoms with Gasteiger partial charge in [-0.25, -0.2) is 4.39 Å². The molecule has 1 aromatic heterocycles. The van der Waals surface area contributed by atoms with E-state index in [1.165, 1.54) is 12.1 Å². The Hall–Kier alpha value is -2.83. The van der Waals surface area contributed by atoms with Gasteiger partial charge in [-0.15, -0.1) is 0 Å². The first-order chi connectivity index (χ1) is 8.95. The van der Waals surface area contributed by atoms with Crippen molar-refractivity contribution < 1.29 is 19.4 Å². The van der Waals surface area contributed by atoms with Crippen LogP contribution in [0, 0.1) is 5.82 Å². The number of H-pyrrole nitrogens is 1. The first kappa shape index (κ1) is 12.6. The highest BCUT2D eigenvalue weighted by Crippen LogP contribution is 2.20. The molecule has 1 amide bonds. The summed E-state index contributed by atoms with van der Waals surface area (Å²) < 4.78 is 13.4. The third-order valence-corrected chi connectivity index (χ3v) is 2.29. The maximum absolute atomic E-state index is 13.4. The molecule has 0 aliphatic rings. The number of halogens is 1. The predicted octanol–water partition coefficient (Wildman–Crippen LogP) is 1.18. The summed E-state index contributed by atoms with van der Waals surface area (Å²) in [5.74, 6) is -2.32. The van der Waals surface area contributed by atoms with Crippen molar-refractivity contribution in [2.24, 2.45) is 0 Å². The number of phenolic OH excluding ortho intramolecular Hbond substituents is 1. The van der Waals surface area contributed by atoms with Gasteiger partial charge >= 0.3 is 0 Å². The zero-order chi connectivity index (χ0) is 14.0. The van der Waals surface area contributed by atoms with Gasteiger partial charge in [-0.3, -0.25) is 14.6 Å². The molecule has 2 rings (SSSR count). The van der Waals surface area contributed by atoms with Crippen molar-refractivity contribution >= 4 is 11.6 Å². The Morgan fingerprint density at radius 1 is 1.21 bits per heavy atom. The molecule has 6 nitrogen and oxygen atoms in total. The molecule has 7 heteroatoms. The number of hydrogen-bond acceptors (Lipinski definition) is 4. The molecule has 1 heterocycles. The maximum atomic E-state index is 13.4. The average Bonchev–Trinajstić information content (AvgIpc) is 2.31. The minimum Gasteiger partial charge on any atom is -0.508 e. The minimum absolute atomic E-state index is 0.117. The lowest BCUT2D eigenvalue weighted by molar-refractivity contribution is 0.102. The zero-order valence-corrected chi connectivity index (χ0v) is 9.48. The smallest absolute Gasteiger partial charge is 0.256 e. The third kappa shape index (κ3) is 2.89. The van der Waals surface area contributed by atoms with Crippen molar-refractivity contribution in [1.82, 2.24) is 4.98 Å². The van der Waals surface area contributed by atoms with Crippen LogP contribution < -0.4 is 10.9 Å². The molecule has 0 saturated carbocycles. The highest BCUT2D eigenvalue weighted by atomic mass is 19.1. The number of pyridine rings is 1. The largest absolute Gasteiger partial charge is 0.508 e. The van der Waals surface area contributed by atoms with Crippen molar-refractivity contribution in [3.63, 3.8) is 0 Å². The van der Waals surface area contributed by atoms with Gasteiger partial charge in [0.15, 0.2) is 5.88 Å². The number of hydrogen-bond donors (Lipinski definition) is 4. The lowest BCUT2D eigenvalue weighted by Crippen LogP contribution is -2.16. The van der Waals surface area contributed by atoms with Crippen LogP contribution in [0.2, 0.25) is 0 Å². The molecular formula is C12H9FN2O4. The topological polar surface area (TPSA) is 102 Å². The number of benzene rings is 1. The van der Waals surface area contributed by atoms with Gasteiger partial charge in [-0.05, 0) is 12.1 Å². The van der Waals surface area contributed by atoms with E-state index in [0.29, 0.717) is 0 Å². The molecule has 0 spiro atoms. The molecule has 1 aromatic carbocycles. The molecule has 0 fully saturated rings. The van der Waals surface area contributed by atoms with Gasteiger partial charge in [0.1, 0.15) is 11.6 Å². The molecule has 19 heavy (non-hydrogen) atoms. The van der Waals surface area contributed by atoms with Crippen LogP contribution in [0.5, 0.6) is 11.6 Å². The number of rotatable bonds is 2. The minimum atomic E-state index is -0.817. The molecule has 0 aliphatic heterocycles. The fraction of sp³-hybridized carbons (Fsp3) is 0. The van der Waals surface area contributed by atoms with E-state index in [0.717, 1.165) is 18.2 Å². The Balaban J connectivity index is 2.28. The van der Waals surface area contributed by atoms with Crippen LogP contribution in [0.1, 0.15) is 10.4 Å². The van der Waals surface area contributed by atoms with Gasteiger partial charge in [0.2, 0.25) is 0 Å². The Labute approximate surface area is 106 Å². The maximum Gasteiger partial charge on any atom is 0.256 e. The van der Waals surface area contributed by atoms with Crippen LogP contribution in [-0.4, -0.2) is 21.1 Å². The van der Waals surface area contributed by atoms with Crippen LogP contribution in [0.3, 0.4) is 0 Å². The predicted molar refractivity (Wildman–Crippen MR) is 64.7 cm³/mol. The Bertz CT molecular complexity index is 696. The normalized spacial score (nSPS) is 10.2. The van der Waals surface area contributed by atoms with Crippen LogP contribution in [0.15, 0.2) is 35.1 Å². The lowest BCUT2D eigenvalue weighted by Gasteiger charge is -2.06. The van der Waals surface area contributed by atoms with Crippen molar-refractivity contribution in [2.75, 3.05) is 5.32 Å². The highest BCUT2D eigenvalue weighted by Gasteiger charge is 2.11. The summed E-state index contributed by atoms with van der Waals surface area (Å²) in [6.07, 6.45) is 0. The average molecular weight is 264 g/mol. The summed E-state index contributed by atoms with van der Waals surface area (Å²) in [5, 5.41) is 20.4. The van der Waals surface area contributed by atoms with Gasteiger partial charge in [0.05, 0.1) is 11.3 Å². The van der Waals surface area contributed by atoms with Crippen molar-refractivity contribution in [1.29, 1.82) is 0 Å². The summed E-state index contributed by atoms with van der Waals surface area (Å²) in [7, 11) is 0. The quantitative estimate of drug-likeness (QED) is 0.611. The van der Waals surface area contributed by atoms with Crippen LogP contribution in [0.4, 0.5) is 10.1 Å². The molecule has 0 aliphatic carbocycles. The number of aromatic hydroxyl groups is 2. The summed E-state index contributed by atoms with van der Waals surface area (Å²) in [6, 6.07) is 5.22. The number of nitrogens with one attached hydrogen (secondary N) is 2. The fourth-order valence-electron chi connectivity index (χ4n) is 1.46. The second kappa shape index (κ2) is 4.81. The summed E-state index contributed by atoms with van der Waals surface area (Å²) in [5.41, 5.74) is -0.923. The molecule has 0 atom stereocenters. The third-order valence-electron chi connectivity index (χ3n) is 2.29. The standard InChI is InChI=1S/C12H9FN2O4/c13-8-5-7(16)1-2-9(8)14-12(19)6-3-10(17)15-11(18)4-6/h1-5,16H,(H,14,19)(H2,15,17,18). The molecule has 4 N–H and O–H groups in total.